The fraction of sp³-hybridized carbons (Fsp3) is 0.227. The molecule has 29 heavy (non-hydrogen) atoms. The van der Waals surface area contributed by atoms with Crippen molar-refractivity contribution in [2.45, 2.75) is 25.3 Å². The number of benzene rings is 1. The van der Waals surface area contributed by atoms with E-state index in [4.69, 9.17) is 16.3 Å². The van der Waals surface area contributed by atoms with Crippen molar-refractivity contribution in [2.75, 3.05) is 7.11 Å². The molecule has 6 nitrogen and oxygen atoms in total. The van der Waals surface area contributed by atoms with Crippen LogP contribution < -0.4 is 0 Å². The maximum atomic E-state index is 13.2. The molecule has 1 aliphatic heterocycles. The topological polar surface area (TPSA) is 75.6 Å². The molecule has 2 atom stereocenters. The number of hydrogen-bond acceptors (Lipinski definition) is 5. The average molecular weight is 410 g/mol. The summed E-state index contributed by atoms with van der Waals surface area (Å²) in [6.07, 6.45) is 4.29. The maximum absolute atomic E-state index is 13.2. The van der Waals surface area contributed by atoms with Crippen LogP contribution >= 0.6 is 11.6 Å². The summed E-state index contributed by atoms with van der Waals surface area (Å²) >= 11 is 5.90. The number of pyridine rings is 2. The largest absolute Gasteiger partial charge is 0.381 e. The van der Waals surface area contributed by atoms with Gasteiger partial charge in [-0.2, -0.15) is 0 Å². The first-order chi connectivity index (χ1) is 13.9. The predicted molar refractivity (Wildman–Crippen MR) is 108 cm³/mol. The van der Waals surface area contributed by atoms with Gasteiger partial charge in [0.15, 0.2) is 6.23 Å². The zero-order chi connectivity index (χ0) is 20.6. The minimum Gasteiger partial charge on any atom is -0.381 e. The molecule has 0 spiro atoms. The number of ether oxygens (including phenoxy) is 1. The van der Waals surface area contributed by atoms with Crippen molar-refractivity contribution in [1.82, 2.24) is 14.9 Å². The first-order valence-corrected chi connectivity index (χ1v) is 9.51. The average Bonchev–Trinajstić information content (AvgIpc) is 3.01. The van der Waals surface area contributed by atoms with Gasteiger partial charge in [-0.25, -0.2) is 0 Å². The van der Waals surface area contributed by atoms with E-state index in [1.54, 1.807) is 67.9 Å². The second-order valence-electron chi connectivity index (χ2n) is 7.10. The van der Waals surface area contributed by atoms with Crippen LogP contribution in [0.4, 0.5) is 0 Å². The Balaban J connectivity index is 1.68. The van der Waals surface area contributed by atoms with E-state index < -0.39 is 11.8 Å². The third-order valence-corrected chi connectivity index (χ3v) is 5.47. The molecule has 7 heteroatoms. The Morgan fingerprint density at radius 3 is 2.59 bits per heavy atom. The van der Waals surface area contributed by atoms with Crippen molar-refractivity contribution < 1.29 is 14.6 Å². The van der Waals surface area contributed by atoms with Crippen LogP contribution in [0.1, 0.15) is 45.9 Å². The van der Waals surface area contributed by atoms with Crippen molar-refractivity contribution in [3.63, 3.8) is 0 Å². The van der Waals surface area contributed by atoms with Crippen molar-refractivity contribution in [3.05, 3.63) is 94.0 Å². The van der Waals surface area contributed by atoms with E-state index in [9.17, 15) is 9.90 Å². The molecule has 1 aromatic carbocycles. The van der Waals surface area contributed by atoms with Crippen LogP contribution in [-0.2, 0) is 16.9 Å². The monoisotopic (exact) mass is 409 g/mol. The second kappa shape index (κ2) is 7.55. The van der Waals surface area contributed by atoms with E-state index in [1.165, 1.54) is 0 Å². The van der Waals surface area contributed by atoms with Gasteiger partial charge < -0.3 is 14.7 Å². The highest BCUT2D eigenvalue weighted by Crippen LogP contribution is 2.38. The number of nitrogens with zero attached hydrogens (tertiary/aromatic N) is 3. The molecule has 3 aromatic rings. The predicted octanol–water partition coefficient (Wildman–Crippen LogP) is 3.69. The van der Waals surface area contributed by atoms with Gasteiger partial charge in [0.2, 0.25) is 0 Å². The number of hydrogen-bond donors (Lipinski definition) is 1. The highest BCUT2D eigenvalue weighted by molar-refractivity contribution is 6.30. The summed E-state index contributed by atoms with van der Waals surface area (Å²) in [5.74, 6) is -0.170. The minimum atomic E-state index is -1.26. The molecule has 3 heterocycles. The Hall–Kier alpha value is -2.80. The Kier molecular flexibility index (Phi) is 5.08. The zero-order valence-corrected chi connectivity index (χ0v) is 16.8. The fourth-order valence-electron chi connectivity index (χ4n) is 3.62. The molecule has 0 saturated heterocycles. The van der Waals surface area contributed by atoms with Gasteiger partial charge in [0.1, 0.15) is 5.60 Å². The van der Waals surface area contributed by atoms with Gasteiger partial charge in [-0.05, 0) is 48.4 Å². The van der Waals surface area contributed by atoms with E-state index >= 15 is 0 Å². The van der Waals surface area contributed by atoms with Crippen LogP contribution in [0.15, 0.2) is 61.1 Å². The molecule has 0 bridgehead atoms. The van der Waals surface area contributed by atoms with Crippen molar-refractivity contribution in [3.8, 4) is 0 Å². The Labute approximate surface area is 173 Å². The summed E-state index contributed by atoms with van der Waals surface area (Å²) in [7, 11) is 1.57. The van der Waals surface area contributed by atoms with Gasteiger partial charge in [-0.1, -0.05) is 23.7 Å². The minimum absolute atomic E-state index is 0.170. The van der Waals surface area contributed by atoms with E-state index in [0.717, 1.165) is 5.56 Å². The standard InChI is InChI=1S/C22H20ClN3O3/c1-22(28,14-7-9-24-10-8-14)15-3-6-18-19(11-15)20(27)26(21(18)29-2)13-17-5-4-16(23)12-25-17/h3-12,21,28H,13H2,1-2H3/t21-,22?/m1/s1. The summed E-state index contributed by atoms with van der Waals surface area (Å²) in [6, 6.07) is 12.4. The molecule has 1 aliphatic rings. The molecular formula is C22H20ClN3O3. The third kappa shape index (κ3) is 3.51. The summed E-state index contributed by atoms with van der Waals surface area (Å²) in [4.78, 5) is 23.0. The van der Waals surface area contributed by atoms with Crippen molar-refractivity contribution in [2.24, 2.45) is 0 Å². The van der Waals surface area contributed by atoms with Gasteiger partial charge in [0.05, 0.1) is 17.3 Å². The van der Waals surface area contributed by atoms with E-state index in [0.29, 0.717) is 34.0 Å². The van der Waals surface area contributed by atoms with Crippen LogP contribution in [-0.4, -0.2) is 33.0 Å². The Morgan fingerprint density at radius 2 is 1.93 bits per heavy atom. The SMILES string of the molecule is CO[C@@H]1c2ccc(C(C)(O)c3ccncc3)cc2C(=O)N1Cc1ccc(Cl)cn1. The summed E-state index contributed by atoms with van der Waals surface area (Å²) in [5.41, 5.74) is 2.05. The molecular weight excluding hydrogens is 390 g/mol. The number of rotatable bonds is 5. The Bertz CT molecular complexity index is 1040. The number of halogens is 1. The van der Waals surface area contributed by atoms with Gasteiger partial charge in [0, 0.05) is 36.8 Å². The molecule has 0 saturated carbocycles. The van der Waals surface area contributed by atoms with Crippen LogP contribution in [0.25, 0.3) is 0 Å². The number of aromatic nitrogens is 2. The van der Waals surface area contributed by atoms with Gasteiger partial charge >= 0.3 is 0 Å². The summed E-state index contributed by atoms with van der Waals surface area (Å²) < 4.78 is 5.61. The molecule has 0 fully saturated rings. The lowest BCUT2D eigenvalue weighted by molar-refractivity contribution is -0.0167. The first-order valence-electron chi connectivity index (χ1n) is 9.13. The molecule has 1 N–H and O–H groups in total. The number of carbonyl (C=O) groups excluding carboxylic acids is 1. The van der Waals surface area contributed by atoms with E-state index in [-0.39, 0.29) is 5.91 Å². The van der Waals surface area contributed by atoms with Crippen molar-refractivity contribution in [1.29, 1.82) is 0 Å². The quantitative estimate of drug-likeness (QED) is 0.695. The van der Waals surface area contributed by atoms with E-state index in [1.807, 2.05) is 12.1 Å². The third-order valence-electron chi connectivity index (χ3n) is 5.24. The number of aliphatic hydroxyl groups is 1. The lowest BCUT2D eigenvalue weighted by Crippen LogP contribution is -2.29. The highest BCUT2D eigenvalue weighted by Gasteiger charge is 2.38. The van der Waals surface area contributed by atoms with Gasteiger partial charge in [-0.15, -0.1) is 0 Å². The smallest absolute Gasteiger partial charge is 0.256 e. The van der Waals surface area contributed by atoms with E-state index in [2.05, 4.69) is 9.97 Å². The lowest BCUT2D eigenvalue weighted by Gasteiger charge is -2.25. The maximum Gasteiger partial charge on any atom is 0.256 e. The molecule has 0 radical (unpaired) electrons. The first kappa shape index (κ1) is 19.5. The van der Waals surface area contributed by atoms with Crippen LogP contribution in [0.2, 0.25) is 5.02 Å². The molecule has 1 unspecified atom stereocenters. The number of carbonyl (C=O) groups is 1. The number of amides is 1. The van der Waals surface area contributed by atoms with Gasteiger partial charge in [-0.3, -0.25) is 14.8 Å². The molecule has 1 amide bonds. The van der Waals surface area contributed by atoms with Gasteiger partial charge in [0.25, 0.3) is 5.91 Å². The number of fused-ring (bicyclic) bond motifs is 1. The normalized spacial score (nSPS) is 17.9. The fourth-order valence-corrected chi connectivity index (χ4v) is 3.73. The second-order valence-corrected chi connectivity index (χ2v) is 7.54. The van der Waals surface area contributed by atoms with Crippen LogP contribution in [0.5, 0.6) is 0 Å². The molecule has 148 valence electrons. The molecule has 4 rings (SSSR count). The zero-order valence-electron chi connectivity index (χ0n) is 16.0. The number of methoxy groups -OCH3 is 1. The van der Waals surface area contributed by atoms with Crippen molar-refractivity contribution >= 4 is 17.5 Å². The lowest BCUT2D eigenvalue weighted by atomic mass is 9.87. The van der Waals surface area contributed by atoms with Crippen LogP contribution in [0.3, 0.4) is 0 Å². The molecule has 2 aromatic heterocycles. The van der Waals surface area contributed by atoms with Crippen LogP contribution in [0, 0.1) is 0 Å². The summed E-state index contributed by atoms with van der Waals surface area (Å²) in [5, 5.41) is 11.7. The molecule has 0 aliphatic carbocycles. The Morgan fingerprint density at radius 1 is 1.17 bits per heavy atom. The summed E-state index contributed by atoms with van der Waals surface area (Å²) in [6.45, 7) is 1.99. The highest BCUT2D eigenvalue weighted by atomic mass is 35.5.